The molecule has 110 valence electrons. The van der Waals surface area contributed by atoms with Gasteiger partial charge in [-0.05, 0) is 30.3 Å². The smallest absolute Gasteiger partial charge is 0.416 e. The Bertz CT molecular complexity index is 711. The highest BCUT2D eigenvalue weighted by atomic mass is 32.2. The number of hydrogen-bond acceptors (Lipinski definition) is 2. The van der Waals surface area contributed by atoms with Crippen molar-refractivity contribution in [3.63, 3.8) is 0 Å². The first-order valence-electron chi connectivity index (χ1n) is 5.72. The van der Waals surface area contributed by atoms with Crippen LogP contribution in [-0.2, 0) is 17.0 Å². The number of hydrogen-bond donors (Lipinski definition) is 1. The lowest BCUT2D eigenvalue weighted by molar-refractivity contribution is -0.137. The van der Waals surface area contributed by atoms with E-state index in [1.807, 2.05) is 0 Å². The van der Waals surface area contributed by atoms with Crippen molar-refractivity contribution in [2.24, 2.45) is 0 Å². The molecule has 0 spiro atoms. The zero-order valence-electron chi connectivity index (χ0n) is 10.4. The summed E-state index contributed by atoms with van der Waals surface area (Å²) in [4.78, 5) is 10.9. The zero-order valence-corrected chi connectivity index (χ0v) is 11.2. The minimum Gasteiger partial charge on any atom is -0.478 e. The van der Waals surface area contributed by atoms with Gasteiger partial charge in [0.15, 0.2) is 0 Å². The number of rotatable bonds is 3. The van der Waals surface area contributed by atoms with E-state index in [1.165, 1.54) is 30.3 Å². The van der Waals surface area contributed by atoms with Crippen LogP contribution in [0.2, 0.25) is 0 Å². The maximum atomic E-state index is 12.6. The molecule has 21 heavy (non-hydrogen) atoms. The van der Waals surface area contributed by atoms with Crippen molar-refractivity contribution in [2.45, 2.75) is 16.0 Å². The molecule has 0 saturated heterocycles. The van der Waals surface area contributed by atoms with Gasteiger partial charge in [0.1, 0.15) is 0 Å². The Labute approximate surface area is 120 Å². The van der Waals surface area contributed by atoms with E-state index in [0.717, 1.165) is 18.2 Å². The quantitative estimate of drug-likeness (QED) is 0.942. The number of aromatic carboxylic acids is 1. The van der Waals surface area contributed by atoms with E-state index in [0.29, 0.717) is 0 Å². The van der Waals surface area contributed by atoms with E-state index in [9.17, 15) is 22.2 Å². The molecule has 0 fully saturated rings. The highest BCUT2D eigenvalue weighted by Crippen LogP contribution is 2.31. The molecule has 0 saturated carbocycles. The van der Waals surface area contributed by atoms with Gasteiger partial charge in [0.25, 0.3) is 0 Å². The molecular weight excluding hydrogens is 305 g/mol. The molecule has 7 heteroatoms. The van der Waals surface area contributed by atoms with E-state index in [4.69, 9.17) is 5.11 Å². The van der Waals surface area contributed by atoms with E-state index in [-0.39, 0.29) is 15.4 Å². The first-order valence-corrected chi connectivity index (χ1v) is 6.87. The van der Waals surface area contributed by atoms with Crippen LogP contribution < -0.4 is 0 Å². The number of carbonyl (C=O) groups is 1. The van der Waals surface area contributed by atoms with Gasteiger partial charge < -0.3 is 5.11 Å². The molecule has 0 aromatic heterocycles. The molecule has 0 aliphatic heterocycles. The lowest BCUT2D eigenvalue weighted by Crippen LogP contribution is -2.07. The second kappa shape index (κ2) is 5.69. The summed E-state index contributed by atoms with van der Waals surface area (Å²) in [6, 6.07) is 9.54. The summed E-state index contributed by atoms with van der Waals surface area (Å²) in [7, 11) is -2.00. The topological polar surface area (TPSA) is 54.4 Å². The number of halogens is 3. The van der Waals surface area contributed by atoms with Crippen LogP contribution in [0.3, 0.4) is 0 Å². The van der Waals surface area contributed by atoms with Gasteiger partial charge >= 0.3 is 12.1 Å². The number of carboxylic acid groups (broad SMARTS) is 1. The Morgan fingerprint density at radius 2 is 1.71 bits per heavy atom. The van der Waals surface area contributed by atoms with Gasteiger partial charge in [-0.1, -0.05) is 18.2 Å². The molecule has 3 nitrogen and oxygen atoms in total. The predicted molar refractivity (Wildman–Crippen MR) is 69.5 cm³/mol. The third-order valence-electron chi connectivity index (χ3n) is 2.69. The van der Waals surface area contributed by atoms with Crippen LogP contribution in [0.4, 0.5) is 13.2 Å². The summed E-state index contributed by atoms with van der Waals surface area (Å²) in [5.74, 6) is -1.29. The van der Waals surface area contributed by atoms with Gasteiger partial charge in [-0.15, -0.1) is 0 Å². The first-order chi connectivity index (χ1) is 9.80. The molecule has 0 aliphatic carbocycles. The summed E-state index contributed by atoms with van der Waals surface area (Å²) in [5.41, 5.74) is -1.13. The highest BCUT2D eigenvalue weighted by Gasteiger charge is 2.31. The Morgan fingerprint density at radius 3 is 2.33 bits per heavy atom. The maximum Gasteiger partial charge on any atom is 0.416 e. The molecule has 1 N–H and O–H groups in total. The van der Waals surface area contributed by atoms with Crippen molar-refractivity contribution in [1.29, 1.82) is 0 Å². The molecule has 2 aromatic carbocycles. The summed E-state index contributed by atoms with van der Waals surface area (Å²) < 4.78 is 50.3. The predicted octanol–water partition coefficient (Wildman–Crippen LogP) is 3.57. The molecular formula is C14H9F3O3S. The van der Waals surface area contributed by atoms with Crippen LogP contribution in [0.5, 0.6) is 0 Å². The van der Waals surface area contributed by atoms with Gasteiger partial charge in [-0.25, -0.2) is 9.00 Å². The summed E-state index contributed by atoms with van der Waals surface area (Å²) in [6.45, 7) is 0. The van der Waals surface area contributed by atoms with E-state index in [2.05, 4.69) is 0 Å². The van der Waals surface area contributed by atoms with Crippen molar-refractivity contribution < 1.29 is 27.3 Å². The Kier molecular flexibility index (Phi) is 4.13. The van der Waals surface area contributed by atoms with Crippen molar-refractivity contribution in [1.82, 2.24) is 0 Å². The van der Waals surface area contributed by atoms with E-state index < -0.39 is 28.5 Å². The SMILES string of the molecule is O=C(O)c1ccccc1[S@@](=O)c1cccc(C(F)(F)F)c1. The molecule has 0 unspecified atom stereocenters. The highest BCUT2D eigenvalue weighted by molar-refractivity contribution is 7.85. The van der Waals surface area contributed by atoms with Gasteiger partial charge in [0, 0.05) is 4.90 Å². The summed E-state index contributed by atoms with van der Waals surface area (Å²) in [5, 5.41) is 9.03. The second-order valence-electron chi connectivity index (χ2n) is 4.10. The van der Waals surface area contributed by atoms with Crippen LogP contribution in [0.25, 0.3) is 0 Å². The molecule has 2 aromatic rings. The number of carboxylic acids is 1. The van der Waals surface area contributed by atoms with Gasteiger partial charge in [0.05, 0.1) is 26.8 Å². The molecule has 0 bridgehead atoms. The average molecular weight is 314 g/mol. The van der Waals surface area contributed by atoms with Crippen LogP contribution in [0, 0.1) is 0 Å². The van der Waals surface area contributed by atoms with Gasteiger partial charge in [-0.3, -0.25) is 0 Å². The van der Waals surface area contributed by atoms with Crippen molar-refractivity contribution in [3.05, 3.63) is 59.7 Å². The lowest BCUT2D eigenvalue weighted by atomic mass is 10.2. The molecule has 2 rings (SSSR count). The molecule has 1 atom stereocenters. The fourth-order valence-electron chi connectivity index (χ4n) is 1.72. The standard InChI is InChI=1S/C14H9F3O3S/c15-14(16,17)9-4-3-5-10(8-9)21(20)12-7-2-1-6-11(12)13(18)19/h1-8H,(H,18,19)/t21-/m0/s1. The minimum absolute atomic E-state index is 0.0377. The Morgan fingerprint density at radius 1 is 1.05 bits per heavy atom. The van der Waals surface area contributed by atoms with Crippen molar-refractivity contribution in [3.8, 4) is 0 Å². The normalized spacial score (nSPS) is 12.9. The maximum absolute atomic E-state index is 12.6. The third kappa shape index (κ3) is 3.30. The van der Waals surface area contributed by atoms with Gasteiger partial charge in [0.2, 0.25) is 0 Å². The molecule has 0 amide bonds. The molecule has 0 radical (unpaired) electrons. The van der Waals surface area contributed by atoms with Crippen LogP contribution in [0.1, 0.15) is 15.9 Å². The van der Waals surface area contributed by atoms with Crippen LogP contribution in [-0.4, -0.2) is 15.3 Å². The minimum atomic E-state index is -4.55. The molecule has 0 heterocycles. The van der Waals surface area contributed by atoms with Crippen LogP contribution >= 0.6 is 0 Å². The van der Waals surface area contributed by atoms with Crippen molar-refractivity contribution in [2.75, 3.05) is 0 Å². The van der Waals surface area contributed by atoms with Gasteiger partial charge in [-0.2, -0.15) is 13.2 Å². The number of benzene rings is 2. The molecule has 0 aliphatic rings. The largest absolute Gasteiger partial charge is 0.478 e. The van der Waals surface area contributed by atoms with E-state index in [1.54, 1.807) is 0 Å². The number of alkyl halides is 3. The monoisotopic (exact) mass is 314 g/mol. The van der Waals surface area contributed by atoms with Crippen LogP contribution in [0.15, 0.2) is 58.3 Å². The first kappa shape index (κ1) is 15.2. The van der Waals surface area contributed by atoms with E-state index >= 15 is 0 Å². The zero-order chi connectivity index (χ0) is 15.6. The summed E-state index contributed by atoms with van der Waals surface area (Å²) >= 11 is 0. The summed E-state index contributed by atoms with van der Waals surface area (Å²) in [6.07, 6.45) is -4.55. The third-order valence-corrected chi connectivity index (χ3v) is 4.13. The second-order valence-corrected chi connectivity index (χ2v) is 5.54. The Balaban J connectivity index is 2.49. The van der Waals surface area contributed by atoms with Crippen molar-refractivity contribution >= 4 is 16.8 Å². The average Bonchev–Trinajstić information content (AvgIpc) is 2.45. The fraction of sp³-hybridized carbons (Fsp3) is 0.0714. The fourth-order valence-corrected chi connectivity index (χ4v) is 2.97. The lowest BCUT2D eigenvalue weighted by Gasteiger charge is -2.09. The Hall–Kier alpha value is -2.15.